The maximum atomic E-state index is 8.78. The number of halogens is 1. The summed E-state index contributed by atoms with van der Waals surface area (Å²) in [5, 5.41) is 12.2. The lowest BCUT2D eigenvalue weighted by Crippen LogP contribution is -2.09. The topological polar surface area (TPSA) is 67.2 Å². The predicted octanol–water partition coefficient (Wildman–Crippen LogP) is 2.07. The van der Waals surface area contributed by atoms with Crippen molar-refractivity contribution in [3.05, 3.63) is 22.8 Å². The second-order valence-corrected chi connectivity index (χ2v) is 3.95. The molecule has 0 unspecified atom stereocenters. The molecule has 18 heavy (non-hydrogen) atoms. The molecule has 0 amide bonds. The van der Waals surface area contributed by atoms with Gasteiger partial charge in [0.1, 0.15) is 11.0 Å². The fourth-order valence-corrected chi connectivity index (χ4v) is 1.50. The predicted molar refractivity (Wildman–Crippen MR) is 69.8 cm³/mol. The van der Waals surface area contributed by atoms with Gasteiger partial charge >= 0.3 is 0 Å². The Bertz CT molecular complexity index is 407. The van der Waals surface area contributed by atoms with Crippen LogP contribution in [0.1, 0.15) is 12.0 Å². The van der Waals surface area contributed by atoms with E-state index < -0.39 is 0 Å². The van der Waals surface area contributed by atoms with Crippen LogP contribution in [0.4, 0.5) is 5.82 Å². The second kappa shape index (κ2) is 8.70. The van der Waals surface area contributed by atoms with Crippen molar-refractivity contribution in [2.24, 2.45) is 0 Å². The van der Waals surface area contributed by atoms with Gasteiger partial charge in [-0.3, -0.25) is 0 Å². The minimum absolute atomic E-state index is 0.313. The molecular weight excluding hydrogens is 254 g/mol. The molecule has 0 atom stereocenters. The van der Waals surface area contributed by atoms with E-state index >= 15 is 0 Å². The lowest BCUT2D eigenvalue weighted by molar-refractivity contribution is 0.0705. The highest BCUT2D eigenvalue weighted by Crippen LogP contribution is 2.13. The van der Waals surface area contributed by atoms with Crippen LogP contribution in [0, 0.1) is 11.3 Å². The van der Waals surface area contributed by atoms with E-state index in [9.17, 15) is 0 Å². The zero-order valence-corrected chi connectivity index (χ0v) is 11.0. The zero-order valence-electron chi connectivity index (χ0n) is 10.3. The molecule has 0 spiro atoms. The van der Waals surface area contributed by atoms with E-state index in [2.05, 4.69) is 10.3 Å². The van der Waals surface area contributed by atoms with Gasteiger partial charge in [-0.15, -0.1) is 0 Å². The van der Waals surface area contributed by atoms with E-state index in [4.69, 9.17) is 26.3 Å². The third-order valence-corrected chi connectivity index (χ3v) is 2.32. The van der Waals surface area contributed by atoms with Crippen LogP contribution in [0.25, 0.3) is 0 Å². The number of rotatable bonds is 8. The number of nitriles is 1. The van der Waals surface area contributed by atoms with Gasteiger partial charge in [-0.2, -0.15) is 5.26 Å². The quantitative estimate of drug-likeness (QED) is 0.578. The van der Waals surface area contributed by atoms with Gasteiger partial charge in [0.05, 0.1) is 24.8 Å². The number of nitrogens with one attached hydrogen (secondary N) is 1. The Balaban J connectivity index is 2.23. The highest BCUT2D eigenvalue weighted by atomic mass is 35.5. The molecule has 1 aromatic rings. The van der Waals surface area contributed by atoms with Crippen molar-refractivity contribution in [1.82, 2.24) is 4.98 Å². The Morgan fingerprint density at radius 2 is 2.22 bits per heavy atom. The molecule has 1 rings (SSSR count). The van der Waals surface area contributed by atoms with Crippen LogP contribution in [0.5, 0.6) is 0 Å². The number of aromatic nitrogens is 1. The van der Waals surface area contributed by atoms with Gasteiger partial charge in [-0.25, -0.2) is 4.98 Å². The molecule has 1 N–H and O–H groups in total. The SMILES string of the molecule is COCCOCCCNc1cc(C#N)cc(Cl)n1. The number of hydrogen-bond donors (Lipinski definition) is 1. The molecule has 0 saturated heterocycles. The monoisotopic (exact) mass is 269 g/mol. The molecule has 1 aromatic heterocycles. The first kappa shape index (κ1) is 14.7. The number of methoxy groups -OCH3 is 1. The second-order valence-electron chi connectivity index (χ2n) is 3.56. The van der Waals surface area contributed by atoms with Crippen LogP contribution in [0.2, 0.25) is 5.15 Å². The third kappa shape index (κ3) is 5.82. The summed E-state index contributed by atoms with van der Waals surface area (Å²) in [5.74, 6) is 0.607. The molecule has 6 heteroatoms. The fourth-order valence-electron chi connectivity index (χ4n) is 1.29. The van der Waals surface area contributed by atoms with Crippen LogP contribution in [0.15, 0.2) is 12.1 Å². The Morgan fingerprint density at radius 1 is 1.39 bits per heavy atom. The smallest absolute Gasteiger partial charge is 0.132 e. The van der Waals surface area contributed by atoms with E-state index in [1.807, 2.05) is 6.07 Å². The van der Waals surface area contributed by atoms with Crippen molar-refractivity contribution in [1.29, 1.82) is 5.26 Å². The van der Waals surface area contributed by atoms with Crippen molar-refractivity contribution in [3.63, 3.8) is 0 Å². The molecular formula is C12H16ClN3O2. The van der Waals surface area contributed by atoms with Crippen molar-refractivity contribution in [2.75, 3.05) is 38.8 Å². The first-order chi connectivity index (χ1) is 8.76. The minimum atomic E-state index is 0.313. The van der Waals surface area contributed by atoms with Crippen molar-refractivity contribution < 1.29 is 9.47 Å². The molecule has 0 aliphatic rings. The summed E-state index contributed by atoms with van der Waals surface area (Å²) in [7, 11) is 1.64. The Hall–Kier alpha value is -1.35. The van der Waals surface area contributed by atoms with Crippen LogP contribution in [-0.2, 0) is 9.47 Å². The van der Waals surface area contributed by atoms with Crippen LogP contribution in [-0.4, -0.2) is 38.5 Å². The van der Waals surface area contributed by atoms with Crippen molar-refractivity contribution >= 4 is 17.4 Å². The summed E-state index contributed by atoms with van der Waals surface area (Å²) >= 11 is 5.79. The molecule has 0 aliphatic carbocycles. The molecule has 0 fully saturated rings. The van der Waals surface area contributed by atoms with Crippen molar-refractivity contribution in [3.8, 4) is 6.07 Å². The standard InChI is InChI=1S/C12H16ClN3O2/c1-17-5-6-18-4-2-3-15-12-8-10(9-14)7-11(13)16-12/h7-8H,2-6H2,1H3,(H,15,16). The van der Waals surface area contributed by atoms with E-state index in [1.165, 1.54) is 6.07 Å². The summed E-state index contributed by atoms with van der Waals surface area (Å²) in [5.41, 5.74) is 0.494. The zero-order chi connectivity index (χ0) is 13.2. The molecule has 0 aliphatic heterocycles. The van der Waals surface area contributed by atoms with E-state index in [0.717, 1.165) is 6.42 Å². The highest BCUT2D eigenvalue weighted by molar-refractivity contribution is 6.29. The Kier molecular flexibility index (Phi) is 7.11. The molecule has 0 bridgehead atoms. The summed E-state index contributed by atoms with van der Waals surface area (Å²) in [6.07, 6.45) is 0.847. The molecule has 0 radical (unpaired) electrons. The van der Waals surface area contributed by atoms with Gasteiger partial charge < -0.3 is 14.8 Å². The van der Waals surface area contributed by atoms with Gasteiger partial charge in [-0.1, -0.05) is 11.6 Å². The van der Waals surface area contributed by atoms with Gasteiger partial charge in [-0.05, 0) is 18.6 Å². The largest absolute Gasteiger partial charge is 0.382 e. The normalized spacial score (nSPS) is 10.1. The van der Waals surface area contributed by atoms with E-state index in [0.29, 0.717) is 42.9 Å². The number of ether oxygens (including phenoxy) is 2. The molecule has 1 heterocycles. The van der Waals surface area contributed by atoms with Gasteiger partial charge in [0, 0.05) is 20.3 Å². The molecule has 0 aromatic carbocycles. The first-order valence-electron chi connectivity index (χ1n) is 5.64. The average Bonchev–Trinajstić information content (AvgIpc) is 2.37. The Morgan fingerprint density at radius 3 is 2.94 bits per heavy atom. The van der Waals surface area contributed by atoms with E-state index in [-0.39, 0.29) is 0 Å². The van der Waals surface area contributed by atoms with Gasteiger partial charge in [0.25, 0.3) is 0 Å². The number of hydrogen-bond acceptors (Lipinski definition) is 5. The summed E-state index contributed by atoms with van der Waals surface area (Å²) in [6, 6.07) is 5.22. The number of nitrogens with zero attached hydrogens (tertiary/aromatic N) is 2. The Labute approximate surface area is 112 Å². The third-order valence-electron chi connectivity index (χ3n) is 2.13. The van der Waals surface area contributed by atoms with Gasteiger partial charge in [0.15, 0.2) is 0 Å². The highest BCUT2D eigenvalue weighted by Gasteiger charge is 2.00. The van der Waals surface area contributed by atoms with Crippen LogP contribution < -0.4 is 5.32 Å². The molecule has 98 valence electrons. The molecule has 5 nitrogen and oxygen atoms in total. The van der Waals surface area contributed by atoms with Crippen molar-refractivity contribution in [2.45, 2.75) is 6.42 Å². The average molecular weight is 270 g/mol. The lowest BCUT2D eigenvalue weighted by Gasteiger charge is -2.07. The van der Waals surface area contributed by atoms with Crippen LogP contribution >= 0.6 is 11.6 Å². The van der Waals surface area contributed by atoms with Gasteiger partial charge in [0.2, 0.25) is 0 Å². The minimum Gasteiger partial charge on any atom is -0.382 e. The van der Waals surface area contributed by atoms with E-state index in [1.54, 1.807) is 13.2 Å². The lowest BCUT2D eigenvalue weighted by atomic mass is 10.3. The number of anilines is 1. The number of pyridine rings is 1. The van der Waals surface area contributed by atoms with Crippen LogP contribution in [0.3, 0.4) is 0 Å². The maximum absolute atomic E-state index is 8.78. The maximum Gasteiger partial charge on any atom is 0.132 e. The summed E-state index contributed by atoms with van der Waals surface area (Å²) < 4.78 is 10.2. The first-order valence-corrected chi connectivity index (χ1v) is 6.02. The summed E-state index contributed by atoms with van der Waals surface area (Å²) in [6.45, 7) is 2.58. The molecule has 0 saturated carbocycles. The summed E-state index contributed by atoms with van der Waals surface area (Å²) in [4.78, 5) is 4.07. The fraction of sp³-hybridized carbons (Fsp3) is 0.500.